The van der Waals surface area contributed by atoms with Crippen LogP contribution in [-0.4, -0.2) is 5.33 Å². The molecule has 0 spiro atoms. The van der Waals surface area contributed by atoms with E-state index < -0.39 is 0 Å². The second-order valence-electron chi connectivity index (χ2n) is 4.02. The summed E-state index contributed by atoms with van der Waals surface area (Å²) in [6.07, 6.45) is 3.62. The van der Waals surface area contributed by atoms with Crippen LogP contribution in [0.15, 0.2) is 18.2 Å². The van der Waals surface area contributed by atoms with Crippen LogP contribution < -0.4 is 0 Å². The zero-order chi connectivity index (χ0) is 10.2. The monoisotopic (exact) mass is 292 g/mol. The van der Waals surface area contributed by atoms with Gasteiger partial charge in [0.15, 0.2) is 0 Å². The lowest BCUT2D eigenvalue weighted by Gasteiger charge is -2.12. The normalized spacial score (nSPS) is 18.2. The van der Waals surface area contributed by atoms with Crippen molar-refractivity contribution in [3.05, 3.63) is 33.8 Å². The molecule has 0 aromatic heterocycles. The zero-order valence-electron chi connectivity index (χ0n) is 7.69. The molecule has 1 saturated carbocycles. The number of rotatable bonds is 3. The van der Waals surface area contributed by atoms with Gasteiger partial charge in [-0.05, 0) is 36.3 Å². The van der Waals surface area contributed by atoms with Crippen molar-refractivity contribution in [1.29, 1.82) is 0 Å². The first-order valence-corrected chi connectivity index (χ1v) is 6.53. The molecule has 0 N–H and O–H groups in total. The van der Waals surface area contributed by atoms with E-state index in [1.807, 2.05) is 12.1 Å². The predicted octanol–water partition coefficient (Wildman–Crippen LogP) is 4.71. The molecule has 0 atom stereocenters. The second kappa shape index (κ2) is 4.03. The van der Waals surface area contributed by atoms with Crippen LogP contribution in [0.5, 0.6) is 0 Å². The molecular formula is C11H11BrCl2. The fourth-order valence-electron chi connectivity index (χ4n) is 1.62. The fraction of sp³-hybridized carbons (Fsp3) is 0.455. The summed E-state index contributed by atoms with van der Waals surface area (Å²) in [7, 11) is 0. The van der Waals surface area contributed by atoms with Gasteiger partial charge in [0.1, 0.15) is 0 Å². The highest BCUT2D eigenvalue weighted by Crippen LogP contribution is 2.50. The minimum atomic E-state index is 0.453. The van der Waals surface area contributed by atoms with Crippen molar-refractivity contribution in [2.45, 2.75) is 19.3 Å². The molecule has 1 fully saturated rings. The summed E-state index contributed by atoms with van der Waals surface area (Å²) in [6.45, 7) is 0. The van der Waals surface area contributed by atoms with Gasteiger partial charge in [-0.2, -0.15) is 0 Å². The largest absolute Gasteiger partial charge is 0.0922 e. The maximum absolute atomic E-state index is 6.14. The van der Waals surface area contributed by atoms with E-state index in [1.54, 1.807) is 0 Å². The standard InChI is InChI=1S/C11H11BrCl2/c12-7-11(4-5-11)6-8-2-1-3-9(13)10(8)14/h1-3H,4-7H2. The second-order valence-corrected chi connectivity index (χ2v) is 5.37. The Morgan fingerprint density at radius 2 is 2.00 bits per heavy atom. The lowest BCUT2D eigenvalue weighted by molar-refractivity contribution is 0.586. The van der Waals surface area contributed by atoms with E-state index in [9.17, 15) is 0 Å². The van der Waals surface area contributed by atoms with Crippen molar-refractivity contribution in [2.75, 3.05) is 5.33 Å². The van der Waals surface area contributed by atoms with Gasteiger partial charge < -0.3 is 0 Å². The van der Waals surface area contributed by atoms with Gasteiger partial charge in [0.05, 0.1) is 10.0 Å². The summed E-state index contributed by atoms with van der Waals surface area (Å²) in [5.74, 6) is 0. The Bertz CT molecular complexity index is 345. The number of alkyl halides is 1. The summed E-state index contributed by atoms with van der Waals surface area (Å²) in [5.41, 5.74) is 1.63. The van der Waals surface area contributed by atoms with Gasteiger partial charge in [-0.1, -0.05) is 51.3 Å². The van der Waals surface area contributed by atoms with Crippen LogP contribution >= 0.6 is 39.1 Å². The molecule has 0 amide bonds. The van der Waals surface area contributed by atoms with Gasteiger partial charge in [-0.15, -0.1) is 0 Å². The average molecular weight is 294 g/mol. The van der Waals surface area contributed by atoms with Crippen molar-refractivity contribution in [3.63, 3.8) is 0 Å². The quantitative estimate of drug-likeness (QED) is 0.708. The summed E-state index contributed by atoms with van der Waals surface area (Å²) in [4.78, 5) is 0. The Hall–Kier alpha value is 0.280. The molecule has 1 aromatic carbocycles. The van der Waals surface area contributed by atoms with E-state index in [0.717, 1.165) is 16.8 Å². The van der Waals surface area contributed by atoms with Crippen molar-refractivity contribution in [2.24, 2.45) is 5.41 Å². The summed E-state index contributed by atoms with van der Waals surface area (Å²) in [6, 6.07) is 5.87. The highest BCUT2D eigenvalue weighted by atomic mass is 79.9. The van der Waals surface area contributed by atoms with Crippen molar-refractivity contribution in [3.8, 4) is 0 Å². The summed E-state index contributed by atoms with van der Waals surface area (Å²) < 4.78 is 0. The summed E-state index contributed by atoms with van der Waals surface area (Å²) >= 11 is 15.7. The Kier molecular flexibility index (Phi) is 3.11. The number of benzene rings is 1. The number of hydrogen-bond donors (Lipinski definition) is 0. The van der Waals surface area contributed by atoms with Crippen molar-refractivity contribution in [1.82, 2.24) is 0 Å². The third kappa shape index (κ3) is 2.10. The van der Waals surface area contributed by atoms with Crippen LogP contribution in [0.4, 0.5) is 0 Å². The van der Waals surface area contributed by atoms with Gasteiger partial charge in [-0.3, -0.25) is 0 Å². The first-order chi connectivity index (χ1) is 6.67. The Morgan fingerprint density at radius 1 is 1.29 bits per heavy atom. The van der Waals surface area contributed by atoms with Crippen LogP contribution in [0.1, 0.15) is 18.4 Å². The fourth-order valence-corrected chi connectivity index (χ4v) is 2.77. The molecule has 1 aliphatic carbocycles. The van der Waals surface area contributed by atoms with Crippen LogP contribution in [-0.2, 0) is 6.42 Å². The molecule has 3 heteroatoms. The van der Waals surface area contributed by atoms with Crippen LogP contribution in [0.3, 0.4) is 0 Å². The van der Waals surface area contributed by atoms with Gasteiger partial charge >= 0.3 is 0 Å². The minimum Gasteiger partial charge on any atom is -0.0922 e. The third-order valence-electron chi connectivity index (χ3n) is 2.84. The van der Waals surface area contributed by atoms with Gasteiger partial charge in [-0.25, -0.2) is 0 Å². The molecule has 2 rings (SSSR count). The molecule has 76 valence electrons. The van der Waals surface area contributed by atoms with Gasteiger partial charge in [0.2, 0.25) is 0 Å². The molecule has 0 heterocycles. The molecule has 1 aliphatic rings. The number of halogens is 3. The van der Waals surface area contributed by atoms with E-state index in [1.165, 1.54) is 18.4 Å². The maximum atomic E-state index is 6.14. The molecule has 0 nitrogen and oxygen atoms in total. The van der Waals surface area contributed by atoms with E-state index in [-0.39, 0.29) is 0 Å². The predicted molar refractivity (Wildman–Crippen MR) is 65.6 cm³/mol. The van der Waals surface area contributed by atoms with Crippen LogP contribution in [0, 0.1) is 5.41 Å². The third-order valence-corrected chi connectivity index (χ3v) is 4.89. The molecule has 1 aromatic rings. The topological polar surface area (TPSA) is 0 Å². The van der Waals surface area contributed by atoms with Crippen molar-refractivity contribution >= 4 is 39.1 Å². The Morgan fingerprint density at radius 3 is 2.57 bits per heavy atom. The molecular weight excluding hydrogens is 283 g/mol. The summed E-state index contributed by atoms with van der Waals surface area (Å²) in [5, 5.41) is 2.44. The van der Waals surface area contributed by atoms with E-state index in [0.29, 0.717) is 10.4 Å². The Labute approximate surface area is 103 Å². The van der Waals surface area contributed by atoms with E-state index in [2.05, 4.69) is 22.0 Å². The highest BCUT2D eigenvalue weighted by molar-refractivity contribution is 9.09. The van der Waals surface area contributed by atoms with Gasteiger partial charge in [0, 0.05) is 5.33 Å². The maximum Gasteiger partial charge on any atom is 0.0624 e. The first-order valence-electron chi connectivity index (χ1n) is 4.66. The molecule has 0 saturated heterocycles. The van der Waals surface area contributed by atoms with E-state index >= 15 is 0 Å². The molecule has 14 heavy (non-hydrogen) atoms. The molecule has 0 radical (unpaired) electrons. The molecule has 0 unspecified atom stereocenters. The first kappa shape index (κ1) is 10.8. The SMILES string of the molecule is Clc1cccc(CC2(CBr)CC2)c1Cl. The van der Waals surface area contributed by atoms with Crippen LogP contribution in [0.2, 0.25) is 10.0 Å². The Balaban J connectivity index is 2.21. The van der Waals surface area contributed by atoms with Crippen LogP contribution in [0.25, 0.3) is 0 Å². The molecule has 0 bridgehead atoms. The van der Waals surface area contributed by atoms with E-state index in [4.69, 9.17) is 23.2 Å². The van der Waals surface area contributed by atoms with Gasteiger partial charge in [0.25, 0.3) is 0 Å². The minimum absolute atomic E-state index is 0.453. The van der Waals surface area contributed by atoms with Crippen molar-refractivity contribution < 1.29 is 0 Å². The lowest BCUT2D eigenvalue weighted by Crippen LogP contribution is -2.06. The highest BCUT2D eigenvalue weighted by Gasteiger charge is 2.41. The molecule has 0 aliphatic heterocycles. The zero-order valence-corrected chi connectivity index (χ0v) is 10.8. The average Bonchev–Trinajstić information content (AvgIpc) is 2.94. The smallest absolute Gasteiger partial charge is 0.0624 e. The lowest BCUT2D eigenvalue weighted by atomic mass is 9.99. The number of hydrogen-bond acceptors (Lipinski definition) is 0.